The van der Waals surface area contributed by atoms with Crippen LogP contribution in [-0.4, -0.2) is 18.8 Å². The van der Waals surface area contributed by atoms with E-state index in [2.05, 4.69) is 210 Å². The van der Waals surface area contributed by atoms with Gasteiger partial charge in [0.15, 0.2) is 0 Å². The topological polar surface area (TPSA) is 51.9 Å². The molecule has 1 radical (unpaired) electrons. The maximum absolute atomic E-state index is 5.50. The van der Waals surface area contributed by atoms with Crippen LogP contribution in [-0.2, 0) is 52.2 Å². The number of nitrogens with zero attached hydrogens (tertiary/aromatic N) is 6. The minimum Gasteiger partial charge on any atom is -0.665 e. The van der Waals surface area contributed by atoms with Crippen molar-refractivity contribution in [3.05, 3.63) is 191 Å². The van der Waals surface area contributed by atoms with Crippen molar-refractivity contribution in [2.45, 2.75) is 146 Å². The van der Waals surface area contributed by atoms with Gasteiger partial charge >= 0.3 is 0 Å². The zero-order valence-corrected chi connectivity index (χ0v) is 50.3. The Morgan fingerprint density at radius 2 is 0.987 bits per heavy atom. The van der Waals surface area contributed by atoms with E-state index in [1.165, 1.54) is 108 Å². The Morgan fingerprint density at radius 1 is 0.519 bits per heavy atom. The number of rotatable bonds is 12. The van der Waals surface area contributed by atoms with E-state index in [4.69, 9.17) is 15.3 Å². The van der Waals surface area contributed by atoms with Crippen LogP contribution in [0.2, 0.25) is 0 Å². The van der Waals surface area contributed by atoms with Crippen LogP contribution in [0.1, 0.15) is 147 Å². The second-order valence-electron chi connectivity index (χ2n) is 27.5. The smallest absolute Gasteiger partial charge is 0.0612 e. The van der Waals surface area contributed by atoms with Crippen molar-refractivity contribution >= 4 is 60.3 Å². The molecular weight excluding hydrogens is 1140 g/mol. The fourth-order valence-electron chi connectivity index (χ4n) is 14.1. The van der Waals surface area contributed by atoms with Gasteiger partial charge in [0.25, 0.3) is 0 Å². The SMILES string of the molecule is CC(C)(C)Cc1ccc2c(c1)-c1ccc[c-]c1C1[N-]C(CCC3CC(CCc4cn5c6ccc(CC(C)(C)C)cc6c6ccc[c-]c6c5n4)CC(CCc4cn5c6ccc(CC(C)(C)C)cc6c6ccc[c-]c6c5n4)C3)=CN21.[Ir]. The van der Waals surface area contributed by atoms with Crippen LogP contribution >= 0.6 is 0 Å². The first-order chi connectivity index (χ1) is 37.4. The number of hydrogen-bond donors (Lipinski definition) is 0. The van der Waals surface area contributed by atoms with Crippen molar-refractivity contribution in [3.8, 4) is 11.1 Å². The molecule has 2 aliphatic heterocycles. The third kappa shape index (κ3) is 10.8. The van der Waals surface area contributed by atoms with Gasteiger partial charge in [0.05, 0.1) is 11.3 Å². The first kappa shape index (κ1) is 53.4. The molecule has 6 nitrogen and oxygen atoms in total. The fraction of sp³-hybridized carbons (Fsp3) is 0.389. The van der Waals surface area contributed by atoms with E-state index < -0.39 is 0 Å². The molecule has 1 aliphatic carbocycles. The standard InChI is InChI=1S/C72H76N6.Ir/c1-70(2,3)40-49-25-31-64-61(37-49)55-16-10-13-19-58(55)67-73-52(43-76(64)67)28-22-46-34-47(23-29-53-44-77-65-32-26-50(41-71(4,5)6)38-62(65)56-17-11-14-20-59(56)68(77)74-53)36-48(35-46)24-30-54-45-78-66-33-27-51(42-72(7,8)9)39-63(66)57-18-12-15-21-60(57)69(78)75-54;/h10-18,25-27,31-33,37-39,43-48,67H,22-24,28-30,34-36,40-42H2,1-9H3;/q-4;. The first-order valence-corrected chi connectivity index (χ1v) is 29.2. The quantitative estimate of drug-likeness (QED) is 0.0905. The summed E-state index contributed by atoms with van der Waals surface area (Å²) in [7, 11) is 0. The summed E-state index contributed by atoms with van der Waals surface area (Å²) in [5.74, 6) is 1.84. The Morgan fingerprint density at radius 3 is 1.51 bits per heavy atom. The molecule has 3 atom stereocenters. The summed E-state index contributed by atoms with van der Waals surface area (Å²) in [6.07, 6.45) is 20.2. The van der Waals surface area contributed by atoms with E-state index in [1.807, 2.05) is 12.1 Å². The maximum Gasteiger partial charge on any atom is 0.0612 e. The predicted octanol–water partition coefficient (Wildman–Crippen LogP) is 18.6. The van der Waals surface area contributed by atoms with Crippen molar-refractivity contribution in [1.29, 1.82) is 0 Å². The molecular formula is C72H76IrN6-4. The van der Waals surface area contributed by atoms with E-state index in [9.17, 15) is 0 Å². The molecule has 3 unspecified atom stereocenters. The number of fused-ring (bicyclic) bond motifs is 18. The Bertz CT molecular complexity index is 3780. The van der Waals surface area contributed by atoms with Crippen LogP contribution in [0.15, 0.2) is 133 Å². The van der Waals surface area contributed by atoms with Gasteiger partial charge in [0.1, 0.15) is 0 Å². The van der Waals surface area contributed by atoms with Gasteiger partial charge < -0.3 is 19.0 Å². The van der Waals surface area contributed by atoms with E-state index in [1.54, 1.807) is 0 Å². The Labute approximate surface area is 482 Å². The van der Waals surface area contributed by atoms with Gasteiger partial charge in [-0.3, -0.25) is 9.97 Å². The van der Waals surface area contributed by atoms with Crippen LogP contribution in [0.3, 0.4) is 0 Å². The molecule has 1 fully saturated rings. The Hall–Kier alpha value is -6.27. The molecule has 10 aromatic rings. The van der Waals surface area contributed by atoms with E-state index in [0.717, 1.165) is 79.9 Å². The average Bonchev–Trinajstić information content (AvgIpc) is 4.40. The van der Waals surface area contributed by atoms with Gasteiger partial charge in [0.2, 0.25) is 0 Å². The molecule has 13 rings (SSSR count). The molecule has 407 valence electrons. The van der Waals surface area contributed by atoms with Gasteiger partial charge in [-0.2, -0.15) is 24.3 Å². The average molecular weight is 1220 g/mol. The molecule has 4 aromatic heterocycles. The van der Waals surface area contributed by atoms with E-state index >= 15 is 0 Å². The van der Waals surface area contributed by atoms with Crippen molar-refractivity contribution in [3.63, 3.8) is 0 Å². The van der Waals surface area contributed by atoms with Crippen LogP contribution in [0.25, 0.3) is 71.1 Å². The summed E-state index contributed by atoms with van der Waals surface area (Å²) in [6.45, 7) is 20.9. The van der Waals surface area contributed by atoms with Gasteiger partial charge in [-0.15, -0.1) is 76.1 Å². The second kappa shape index (κ2) is 20.7. The molecule has 79 heavy (non-hydrogen) atoms. The fourth-order valence-corrected chi connectivity index (χ4v) is 14.1. The Kier molecular flexibility index (Phi) is 14.0. The zero-order valence-electron chi connectivity index (χ0n) is 47.9. The number of aryl methyl sites for hydroxylation is 2. The molecule has 6 heterocycles. The number of hydrogen-bond acceptors (Lipinski definition) is 3. The van der Waals surface area contributed by atoms with Gasteiger partial charge in [0, 0.05) is 60.6 Å². The van der Waals surface area contributed by atoms with E-state index in [-0.39, 0.29) is 42.5 Å². The molecule has 1 saturated carbocycles. The molecule has 0 spiro atoms. The number of benzene rings is 6. The predicted molar refractivity (Wildman–Crippen MR) is 325 cm³/mol. The summed E-state index contributed by atoms with van der Waals surface area (Å²) in [4.78, 5) is 13.3. The molecule has 0 amide bonds. The van der Waals surface area contributed by atoms with Crippen molar-refractivity contribution in [1.82, 2.24) is 18.8 Å². The van der Waals surface area contributed by atoms with Crippen LogP contribution in [0.5, 0.6) is 0 Å². The third-order valence-corrected chi connectivity index (χ3v) is 17.1. The molecule has 0 saturated heterocycles. The van der Waals surface area contributed by atoms with Crippen molar-refractivity contribution in [2.75, 3.05) is 4.90 Å². The summed E-state index contributed by atoms with van der Waals surface area (Å²) in [5, 5.41) is 12.8. The van der Waals surface area contributed by atoms with Crippen LogP contribution < -0.4 is 4.90 Å². The molecule has 0 N–H and O–H groups in total. The molecule has 7 heteroatoms. The number of allylic oxidation sites excluding steroid dienone is 1. The van der Waals surface area contributed by atoms with E-state index in [0.29, 0.717) is 17.8 Å². The largest absolute Gasteiger partial charge is 0.665 e. The third-order valence-electron chi connectivity index (χ3n) is 17.1. The number of anilines is 1. The summed E-state index contributed by atoms with van der Waals surface area (Å²) in [5.41, 5.74) is 17.8. The zero-order chi connectivity index (χ0) is 53.7. The summed E-state index contributed by atoms with van der Waals surface area (Å²) in [6, 6.07) is 51.4. The van der Waals surface area contributed by atoms with Gasteiger partial charge in [-0.1, -0.05) is 109 Å². The number of pyridine rings is 2. The summed E-state index contributed by atoms with van der Waals surface area (Å²) >= 11 is 0. The minimum atomic E-state index is -0.0605. The van der Waals surface area contributed by atoms with Crippen LogP contribution in [0.4, 0.5) is 5.69 Å². The molecule has 0 bridgehead atoms. The maximum atomic E-state index is 5.50. The molecule has 6 aromatic carbocycles. The number of imidazole rings is 2. The van der Waals surface area contributed by atoms with Gasteiger partial charge in [-0.25, -0.2) is 0 Å². The first-order valence-electron chi connectivity index (χ1n) is 29.2. The van der Waals surface area contributed by atoms with Gasteiger partial charge in [-0.05, 0) is 175 Å². The van der Waals surface area contributed by atoms with Crippen molar-refractivity contribution in [2.24, 2.45) is 34.0 Å². The van der Waals surface area contributed by atoms with Crippen molar-refractivity contribution < 1.29 is 20.1 Å². The monoisotopic (exact) mass is 1220 g/mol. The second-order valence-corrected chi connectivity index (χ2v) is 27.5. The minimum absolute atomic E-state index is 0. The van der Waals surface area contributed by atoms with Crippen LogP contribution in [0, 0.1) is 52.2 Å². The Balaban J connectivity index is 0.00000623. The normalized spacial score (nSPS) is 18.5. The number of aromatic nitrogens is 4. The summed E-state index contributed by atoms with van der Waals surface area (Å²) < 4.78 is 4.71. The molecule has 3 aliphatic rings.